The van der Waals surface area contributed by atoms with Gasteiger partial charge in [0.05, 0.1) is 36.6 Å². The van der Waals surface area contributed by atoms with Crippen LogP contribution in [0.3, 0.4) is 0 Å². The molecule has 0 unspecified atom stereocenters. The van der Waals surface area contributed by atoms with E-state index < -0.39 is 0 Å². The second kappa shape index (κ2) is 11.6. The number of nitrogens with one attached hydrogen (secondary N) is 1. The Hall–Kier alpha value is -3.00. The molecule has 1 amide bonds. The van der Waals surface area contributed by atoms with Gasteiger partial charge in [-0.25, -0.2) is 4.98 Å². The van der Waals surface area contributed by atoms with Crippen molar-refractivity contribution in [3.63, 3.8) is 0 Å². The molecule has 0 saturated carbocycles. The highest BCUT2D eigenvalue weighted by Crippen LogP contribution is 2.39. The number of carbonyl (C=O) groups is 1. The van der Waals surface area contributed by atoms with Gasteiger partial charge in [-0.15, -0.1) is 0 Å². The quantitative estimate of drug-likeness (QED) is 0.339. The summed E-state index contributed by atoms with van der Waals surface area (Å²) in [6, 6.07) is 9.09. The highest BCUT2D eigenvalue weighted by atomic mass is 32.1. The van der Waals surface area contributed by atoms with E-state index >= 15 is 0 Å². The van der Waals surface area contributed by atoms with Crippen molar-refractivity contribution >= 4 is 32.6 Å². The van der Waals surface area contributed by atoms with E-state index in [1.165, 1.54) is 11.3 Å². The Kier molecular flexibility index (Phi) is 8.56. The van der Waals surface area contributed by atoms with Crippen LogP contribution in [-0.4, -0.2) is 37.3 Å². The number of benzene rings is 2. The number of thiazole rings is 1. The number of unbranched alkanes of at least 4 members (excludes halogenated alkanes) is 1. The van der Waals surface area contributed by atoms with Crippen LogP contribution in [0.4, 0.5) is 5.13 Å². The minimum absolute atomic E-state index is 0.298. The number of carbonyl (C=O) groups excluding carboxylic acids is 1. The normalized spacial score (nSPS) is 10.8. The fourth-order valence-corrected chi connectivity index (χ4v) is 3.96. The number of hydrogen-bond acceptors (Lipinski definition) is 7. The molecular formula is C24H30N2O5S. The molecule has 1 N–H and O–H groups in total. The van der Waals surface area contributed by atoms with Gasteiger partial charge in [-0.2, -0.15) is 0 Å². The highest BCUT2D eigenvalue weighted by molar-refractivity contribution is 7.22. The van der Waals surface area contributed by atoms with Gasteiger partial charge in [-0.3, -0.25) is 10.1 Å². The number of aromatic nitrogens is 1. The molecule has 172 valence electrons. The monoisotopic (exact) mass is 458 g/mol. The van der Waals surface area contributed by atoms with E-state index in [1.54, 1.807) is 12.1 Å². The van der Waals surface area contributed by atoms with Gasteiger partial charge < -0.3 is 18.9 Å². The van der Waals surface area contributed by atoms with E-state index in [4.69, 9.17) is 18.9 Å². The number of nitrogens with zero attached hydrogens (tertiary/aromatic N) is 1. The first-order valence-corrected chi connectivity index (χ1v) is 11.8. The Balaban J connectivity index is 1.83. The fourth-order valence-electron chi connectivity index (χ4n) is 3.07. The van der Waals surface area contributed by atoms with E-state index in [2.05, 4.69) is 17.2 Å². The summed E-state index contributed by atoms with van der Waals surface area (Å²) in [7, 11) is 0. The van der Waals surface area contributed by atoms with Crippen molar-refractivity contribution in [2.45, 2.75) is 40.5 Å². The Morgan fingerprint density at radius 3 is 2.25 bits per heavy atom. The molecule has 7 nitrogen and oxygen atoms in total. The number of fused-ring (bicyclic) bond motifs is 1. The minimum Gasteiger partial charge on any atom is -0.494 e. The van der Waals surface area contributed by atoms with Gasteiger partial charge in [0.15, 0.2) is 16.6 Å². The Morgan fingerprint density at radius 2 is 1.62 bits per heavy atom. The predicted octanol–water partition coefficient (Wildman–Crippen LogP) is 5.92. The summed E-state index contributed by atoms with van der Waals surface area (Å²) in [4.78, 5) is 17.5. The van der Waals surface area contributed by atoms with Gasteiger partial charge in [0, 0.05) is 5.56 Å². The van der Waals surface area contributed by atoms with E-state index in [-0.39, 0.29) is 5.91 Å². The summed E-state index contributed by atoms with van der Waals surface area (Å²) >= 11 is 1.40. The standard InChI is InChI=1S/C24H30N2O5S/c1-5-9-12-31-17-10-11-18-21(15-17)32-24(25-18)26-23(27)16-13-19(28-6-2)22(30-8-4)20(14-16)29-7-3/h10-11,13-15H,5-9,12H2,1-4H3,(H,25,26,27). The van der Waals surface area contributed by atoms with Crippen molar-refractivity contribution < 1.29 is 23.7 Å². The zero-order valence-electron chi connectivity index (χ0n) is 19.0. The Morgan fingerprint density at radius 1 is 0.938 bits per heavy atom. The first-order valence-electron chi connectivity index (χ1n) is 11.0. The smallest absolute Gasteiger partial charge is 0.257 e. The van der Waals surface area contributed by atoms with Crippen molar-refractivity contribution in [2.75, 3.05) is 31.7 Å². The number of amides is 1. The molecule has 0 bridgehead atoms. The van der Waals surface area contributed by atoms with Gasteiger partial charge in [0.1, 0.15) is 5.75 Å². The molecule has 0 atom stereocenters. The molecule has 0 spiro atoms. The molecule has 0 aliphatic carbocycles. The summed E-state index contributed by atoms with van der Waals surface area (Å²) in [5.41, 5.74) is 1.22. The number of hydrogen-bond donors (Lipinski definition) is 1. The van der Waals surface area contributed by atoms with Crippen LogP contribution in [0.2, 0.25) is 0 Å². The first-order chi connectivity index (χ1) is 15.6. The van der Waals surface area contributed by atoms with Crippen LogP contribution in [-0.2, 0) is 0 Å². The molecule has 0 aliphatic heterocycles. The van der Waals surface area contributed by atoms with Crippen molar-refractivity contribution in [3.05, 3.63) is 35.9 Å². The zero-order valence-corrected chi connectivity index (χ0v) is 19.8. The maximum atomic E-state index is 13.0. The molecule has 2 aromatic carbocycles. The lowest BCUT2D eigenvalue weighted by Gasteiger charge is -2.16. The molecular weight excluding hydrogens is 428 g/mol. The van der Waals surface area contributed by atoms with E-state index in [9.17, 15) is 4.79 Å². The van der Waals surface area contributed by atoms with Crippen LogP contribution in [0.5, 0.6) is 23.0 Å². The molecule has 1 aromatic heterocycles. The maximum Gasteiger partial charge on any atom is 0.257 e. The summed E-state index contributed by atoms with van der Waals surface area (Å²) < 4.78 is 23.8. The maximum absolute atomic E-state index is 13.0. The second-order valence-corrected chi connectivity index (χ2v) is 7.94. The lowest BCUT2D eigenvalue weighted by molar-refractivity contribution is 0.102. The molecule has 3 aromatic rings. The minimum atomic E-state index is -0.298. The number of ether oxygens (including phenoxy) is 4. The number of anilines is 1. The molecule has 0 radical (unpaired) electrons. The van der Waals surface area contributed by atoms with Crippen molar-refractivity contribution in [2.24, 2.45) is 0 Å². The summed E-state index contributed by atoms with van der Waals surface area (Å²) in [5, 5.41) is 3.40. The van der Waals surface area contributed by atoms with E-state index in [0.29, 0.717) is 54.4 Å². The predicted molar refractivity (Wildman–Crippen MR) is 128 cm³/mol. The number of rotatable bonds is 12. The molecule has 8 heteroatoms. The van der Waals surface area contributed by atoms with Crippen LogP contribution >= 0.6 is 11.3 Å². The van der Waals surface area contributed by atoms with Crippen LogP contribution in [0.25, 0.3) is 10.2 Å². The summed E-state index contributed by atoms with van der Waals surface area (Å²) in [6.45, 7) is 9.81. The largest absolute Gasteiger partial charge is 0.494 e. The average Bonchev–Trinajstić information content (AvgIpc) is 3.17. The molecule has 3 rings (SSSR count). The van der Waals surface area contributed by atoms with Crippen molar-refractivity contribution in [1.82, 2.24) is 4.98 Å². The molecule has 1 heterocycles. The lowest BCUT2D eigenvalue weighted by atomic mass is 10.1. The third-order valence-electron chi connectivity index (χ3n) is 4.52. The lowest BCUT2D eigenvalue weighted by Crippen LogP contribution is -2.13. The molecule has 0 saturated heterocycles. The SMILES string of the molecule is CCCCOc1ccc2nc(NC(=O)c3cc(OCC)c(OCC)c(OCC)c3)sc2c1. The van der Waals surface area contributed by atoms with Crippen molar-refractivity contribution in [3.8, 4) is 23.0 Å². The summed E-state index contributed by atoms with van der Waals surface area (Å²) in [6.07, 6.45) is 2.10. The summed E-state index contributed by atoms with van der Waals surface area (Å²) in [5.74, 6) is 1.96. The van der Waals surface area contributed by atoms with Gasteiger partial charge in [0.25, 0.3) is 5.91 Å². The topological polar surface area (TPSA) is 78.9 Å². The van der Waals surface area contributed by atoms with Gasteiger partial charge in [-0.1, -0.05) is 24.7 Å². The molecule has 0 aliphatic rings. The third-order valence-corrected chi connectivity index (χ3v) is 5.45. The van der Waals surface area contributed by atoms with Crippen LogP contribution in [0, 0.1) is 0 Å². The third kappa shape index (κ3) is 5.82. The van der Waals surface area contributed by atoms with Crippen molar-refractivity contribution in [1.29, 1.82) is 0 Å². The van der Waals surface area contributed by atoms with E-state index in [1.807, 2.05) is 39.0 Å². The first kappa shape index (κ1) is 23.7. The van der Waals surface area contributed by atoms with Crippen LogP contribution in [0.15, 0.2) is 30.3 Å². The van der Waals surface area contributed by atoms with Crippen LogP contribution in [0.1, 0.15) is 50.9 Å². The molecule has 32 heavy (non-hydrogen) atoms. The highest BCUT2D eigenvalue weighted by Gasteiger charge is 2.19. The Labute approximate surface area is 192 Å². The second-order valence-electron chi connectivity index (χ2n) is 6.91. The molecule has 0 fully saturated rings. The Bertz CT molecular complexity index is 1020. The van der Waals surface area contributed by atoms with Crippen LogP contribution < -0.4 is 24.3 Å². The average molecular weight is 459 g/mol. The van der Waals surface area contributed by atoms with Gasteiger partial charge >= 0.3 is 0 Å². The van der Waals surface area contributed by atoms with E-state index in [0.717, 1.165) is 28.8 Å². The fraction of sp³-hybridized carbons (Fsp3) is 0.417. The zero-order chi connectivity index (χ0) is 22.9. The van der Waals surface area contributed by atoms with Gasteiger partial charge in [-0.05, 0) is 57.5 Å². The van der Waals surface area contributed by atoms with Gasteiger partial charge in [0.2, 0.25) is 5.75 Å².